The van der Waals surface area contributed by atoms with Crippen molar-refractivity contribution < 1.29 is 41.8 Å². The van der Waals surface area contributed by atoms with Gasteiger partial charge >= 0.3 is 18.1 Å². The van der Waals surface area contributed by atoms with Crippen molar-refractivity contribution in [1.82, 2.24) is 4.90 Å². The fourth-order valence-corrected chi connectivity index (χ4v) is 4.54. The van der Waals surface area contributed by atoms with Crippen molar-refractivity contribution in [2.24, 2.45) is 4.99 Å². The number of hydrogen-bond donors (Lipinski definition) is 0. The highest BCUT2D eigenvalue weighted by molar-refractivity contribution is 6.03. The number of aliphatic imine (C=N–C) groups is 1. The van der Waals surface area contributed by atoms with Gasteiger partial charge in [0.15, 0.2) is 18.2 Å². The lowest BCUT2D eigenvalue weighted by atomic mass is 9.97. The molecule has 3 aromatic carbocycles. The number of likely N-dealkylation sites (tertiary alicyclic amines) is 1. The lowest BCUT2D eigenvalue weighted by molar-refractivity contribution is -0.199. The molecule has 2 heterocycles. The van der Waals surface area contributed by atoms with Crippen molar-refractivity contribution >= 4 is 23.7 Å². The molecule has 2 aliphatic rings. The summed E-state index contributed by atoms with van der Waals surface area (Å²) in [6, 6.07) is 23.7. The van der Waals surface area contributed by atoms with Gasteiger partial charge in [0.05, 0.1) is 0 Å². The first-order valence-corrected chi connectivity index (χ1v) is 12.5. The van der Waals surface area contributed by atoms with E-state index in [1.807, 2.05) is 0 Å². The fourth-order valence-electron chi connectivity index (χ4n) is 4.54. The molecule has 1 amide bonds. The van der Waals surface area contributed by atoms with E-state index in [-0.39, 0.29) is 11.5 Å². The average molecular weight is 565 g/mol. The van der Waals surface area contributed by atoms with Gasteiger partial charge in [-0.3, -0.25) is 9.69 Å². The van der Waals surface area contributed by atoms with E-state index in [1.165, 1.54) is 0 Å². The number of halogens is 3. The molecule has 2 unspecified atom stereocenters. The van der Waals surface area contributed by atoms with Crippen LogP contribution in [-0.2, 0) is 28.6 Å². The van der Waals surface area contributed by atoms with Gasteiger partial charge in [0, 0.05) is 5.56 Å². The fraction of sp³-hybridized carbons (Fsp3) is 0.200. The standard InChI is InChI=1S/C30H23F3N2O6/c1-18(17-39-29(38)30(31,32)33)23(35-26(36)22-27(35)41-25(34-22)21-15-9-4-10-16-21)28(37)40-24(19-11-5-2-6-12-19)20-13-7-3-8-14-20/h2-16,22-24,27H,1,17H2/t22?,23-,27?/m1/s1. The number of ether oxygens (including phenoxy) is 3. The third-order valence-corrected chi connectivity index (χ3v) is 6.51. The highest BCUT2D eigenvalue weighted by atomic mass is 19.4. The first-order chi connectivity index (χ1) is 19.6. The predicted molar refractivity (Wildman–Crippen MR) is 139 cm³/mol. The molecule has 3 atom stereocenters. The number of carbonyl (C=O) groups excluding carboxylic acids is 3. The number of rotatable bonds is 9. The quantitative estimate of drug-likeness (QED) is 0.218. The predicted octanol–water partition coefficient (Wildman–Crippen LogP) is 4.36. The van der Waals surface area contributed by atoms with E-state index in [9.17, 15) is 27.6 Å². The van der Waals surface area contributed by atoms with Crippen molar-refractivity contribution in [3.63, 3.8) is 0 Å². The van der Waals surface area contributed by atoms with E-state index in [4.69, 9.17) is 9.47 Å². The molecule has 0 bridgehead atoms. The van der Waals surface area contributed by atoms with Crippen LogP contribution >= 0.6 is 0 Å². The van der Waals surface area contributed by atoms with Gasteiger partial charge in [-0.1, -0.05) is 85.4 Å². The largest absolute Gasteiger partial charge is 0.490 e. The van der Waals surface area contributed by atoms with Gasteiger partial charge in [0.1, 0.15) is 6.61 Å². The summed E-state index contributed by atoms with van der Waals surface area (Å²) in [5.41, 5.74) is 1.51. The first kappa shape index (κ1) is 27.6. The van der Waals surface area contributed by atoms with Crippen LogP contribution in [0.15, 0.2) is 108 Å². The van der Waals surface area contributed by atoms with E-state index in [1.54, 1.807) is 91.0 Å². The molecule has 0 N–H and O–H groups in total. The molecular weight excluding hydrogens is 541 g/mol. The molecule has 0 radical (unpaired) electrons. The van der Waals surface area contributed by atoms with Crippen LogP contribution in [0.2, 0.25) is 0 Å². The number of amides is 1. The molecule has 0 aromatic heterocycles. The normalized spacial score (nSPS) is 18.5. The topological polar surface area (TPSA) is 94.5 Å². The Balaban J connectivity index is 1.43. The van der Waals surface area contributed by atoms with Crippen LogP contribution < -0.4 is 0 Å². The summed E-state index contributed by atoms with van der Waals surface area (Å²) in [5, 5.41) is 0. The monoisotopic (exact) mass is 564 g/mol. The second-order valence-electron chi connectivity index (χ2n) is 9.27. The molecule has 3 aromatic rings. The Bertz CT molecular complexity index is 1440. The summed E-state index contributed by atoms with van der Waals surface area (Å²) in [7, 11) is 0. The summed E-state index contributed by atoms with van der Waals surface area (Å²) in [6.45, 7) is 2.69. The van der Waals surface area contributed by atoms with Crippen molar-refractivity contribution in [3.8, 4) is 0 Å². The summed E-state index contributed by atoms with van der Waals surface area (Å²) in [6.07, 6.45) is -7.23. The van der Waals surface area contributed by atoms with Gasteiger partial charge in [-0.05, 0) is 28.8 Å². The van der Waals surface area contributed by atoms with Crippen LogP contribution in [0.4, 0.5) is 13.2 Å². The highest BCUT2D eigenvalue weighted by Gasteiger charge is 2.59. The molecule has 0 saturated carbocycles. The molecule has 0 aliphatic carbocycles. The lowest BCUT2D eigenvalue weighted by Crippen LogP contribution is -2.68. The summed E-state index contributed by atoms with van der Waals surface area (Å²) < 4.78 is 54.5. The number of esters is 2. The number of carbonyl (C=O) groups is 3. The number of alkyl halides is 3. The van der Waals surface area contributed by atoms with Gasteiger partial charge in [0.25, 0.3) is 5.91 Å². The highest BCUT2D eigenvalue weighted by Crippen LogP contribution is 2.36. The van der Waals surface area contributed by atoms with Crippen LogP contribution in [0, 0.1) is 0 Å². The van der Waals surface area contributed by atoms with Gasteiger partial charge in [-0.25, -0.2) is 14.6 Å². The average Bonchev–Trinajstić information content (AvgIpc) is 3.38. The summed E-state index contributed by atoms with van der Waals surface area (Å²) in [5.74, 6) is -3.91. The molecule has 1 saturated heterocycles. The van der Waals surface area contributed by atoms with Gasteiger partial charge in [-0.15, -0.1) is 0 Å². The lowest BCUT2D eigenvalue weighted by Gasteiger charge is -2.44. The van der Waals surface area contributed by atoms with Crippen molar-refractivity contribution in [3.05, 3.63) is 120 Å². The van der Waals surface area contributed by atoms with Crippen molar-refractivity contribution in [1.29, 1.82) is 0 Å². The minimum absolute atomic E-state index is 0.170. The van der Waals surface area contributed by atoms with Gasteiger partial charge in [-0.2, -0.15) is 13.2 Å². The molecule has 1 fully saturated rings. The second-order valence-corrected chi connectivity index (χ2v) is 9.27. The molecule has 11 heteroatoms. The number of fused-ring (bicyclic) bond motifs is 1. The third kappa shape index (κ3) is 5.69. The van der Waals surface area contributed by atoms with Crippen molar-refractivity contribution in [2.75, 3.05) is 6.61 Å². The smallest absolute Gasteiger partial charge is 0.454 e. The molecule has 8 nitrogen and oxygen atoms in total. The SMILES string of the molecule is C=C(COC(=O)C(F)(F)F)[C@H](C(=O)OC(c1ccccc1)c1ccccc1)N1C(=O)C2N=C(c3ccccc3)OC21. The first-order valence-electron chi connectivity index (χ1n) is 12.5. The van der Waals surface area contributed by atoms with Crippen molar-refractivity contribution in [2.45, 2.75) is 30.6 Å². The minimum atomic E-state index is -5.26. The van der Waals surface area contributed by atoms with Gasteiger partial charge < -0.3 is 14.2 Å². The van der Waals surface area contributed by atoms with Crippen LogP contribution in [0.1, 0.15) is 22.8 Å². The Morgan fingerprint density at radius 3 is 2.00 bits per heavy atom. The molecule has 0 spiro atoms. The number of β-lactam (4-membered cyclic amide) rings is 1. The summed E-state index contributed by atoms with van der Waals surface area (Å²) in [4.78, 5) is 43.7. The Labute approximate surface area is 232 Å². The Morgan fingerprint density at radius 1 is 0.927 bits per heavy atom. The number of nitrogens with zero attached hydrogens (tertiary/aromatic N) is 2. The molecule has 210 valence electrons. The van der Waals surface area contributed by atoms with E-state index in [2.05, 4.69) is 16.3 Å². The van der Waals surface area contributed by atoms with Crippen LogP contribution in [0.25, 0.3) is 0 Å². The Morgan fingerprint density at radius 2 is 1.46 bits per heavy atom. The molecule has 2 aliphatic heterocycles. The number of benzene rings is 3. The van der Waals surface area contributed by atoms with Crippen LogP contribution in [-0.4, -0.2) is 59.7 Å². The maximum Gasteiger partial charge on any atom is 0.490 e. The molecular formula is C30H23F3N2O6. The zero-order chi connectivity index (χ0) is 29.1. The zero-order valence-corrected chi connectivity index (χ0v) is 21.4. The van der Waals surface area contributed by atoms with Gasteiger partial charge in [0.2, 0.25) is 12.1 Å². The van der Waals surface area contributed by atoms with E-state index in [0.717, 1.165) is 4.90 Å². The maximum absolute atomic E-state index is 13.8. The van der Waals surface area contributed by atoms with E-state index < -0.39 is 55.0 Å². The Hall–Kier alpha value is -4.93. The molecule has 5 rings (SSSR count). The zero-order valence-electron chi connectivity index (χ0n) is 21.4. The molecule has 41 heavy (non-hydrogen) atoms. The maximum atomic E-state index is 13.8. The summed E-state index contributed by atoms with van der Waals surface area (Å²) >= 11 is 0. The van der Waals surface area contributed by atoms with Crippen LogP contribution in [0.5, 0.6) is 0 Å². The number of hydrogen-bond acceptors (Lipinski definition) is 7. The Kier molecular flexibility index (Phi) is 7.60. The second kappa shape index (κ2) is 11.3. The van der Waals surface area contributed by atoms with Crippen LogP contribution in [0.3, 0.4) is 0 Å². The third-order valence-electron chi connectivity index (χ3n) is 6.51. The van der Waals surface area contributed by atoms with E-state index in [0.29, 0.717) is 16.7 Å². The minimum Gasteiger partial charge on any atom is -0.454 e. The van der Waals surface area contributed by atoms with E-state index >= 15 is 0 Å².